The van der Waals surface area contributed by atoms with Crippen molar-refractivity contribution in [2.24, 2.45) is 0 Å². The summed E-state index contributed by atoms with van der Waals surface area (Å²) >= 11 is 0. The molecule has 0 saturated carbocycles. The molecule has 0 radical (unpaired) electrons. The van der Waals surface area contributed by atoms with E-state index in [9.17, 15) is 0 Å². The molecule has 1 aliphatic rings. The molecule has 0 bridgehead atoms. The van der Waals surface area contributed by atoms with Gasteiger partial charge in [0.15, 0.2) is 0 Å². The quantitative estimate of drug-likeness (QED) is 0.630. The molecule has 1 aromatic rings. The van der Waals surface area contributed by atoms with Gasteiger partial charge in [-0.3, -0.25) is 0 Å². The number of hydrogen-bond donors (Lipinski definition) is 1. The van der Waals surface area contributed by atoms with Gasteiger partial charge in [-0.2, -0.15) is 0 Å². The SMILES string of the molecule is CN(C)CCCNCc1ccc(OCCCN2CCCCC2)cc1. The van der Waals surface area contributed by atoms with E-state index in [4.69, 9.17) is 4.74 Å². The number of nitrogens with one attached hydrogen (secondary N) is 1. The normalized spacial score (nSPS) is 15.8. The summed E-state index contributed by atoms with van der Waals surface area (Å²) in [7, 11) is 4.23. The molecule has 4 heteroatoms. The Hall–Kier alpha value is -1.10. The molecule has 1 aromatic carbocycles. The summed E-state index contributed by atoms with van der Waals surface area (Å²) in [5, 5.41) is 3.49. The molecule has 0 unspecified atom stereocenters. The molecule has 1 N–H and O–H groups in total. The zero-order chi connectivity index (χ0) is 17.0. The zero-order valence-electron chi connectivity index (χ0n) is 15.6. The van der Waals surface area contributed by atoms with Crippen LogP contribution in [0.15, 0.2) is 24.3 Å². The molecule has 0 spiro atoms. The Kier molecular flexibility index (Phi) is 9.18. The molecule has 1 aliphatic heterocycles. The Morgan fingerprint density at radius 3 is 2.50 bits per heavy atom. The van der Waals surface area contributed by atoms with Crippen LogP contribution in [0.25, 0.3) is 0 Å². The van der Waals surface area contributed by atoms with E-state index in [1.807, 2.05) is 0 Å². The van der Waals surface area contributed by atoms with Crippen molar-refractivity contribution in [1.82, 2.24) is 15.1 Å². The van der Waals surface area contributed by atoms with Gasteiger partial charge in [-0.25, -0.2) is 0 Å². The van der Waals surface area contributed by atoms with Crippen LogP contribution < -0.4 is 10.1 Å². The van der Waals surface area contributed by atoms with Crippen LogP contribution in [0.2, 0.25) is 0 Å². The minimum Gasteiger partial charge on any atom is -0.494 e. The van der Waals surface area contributed by atoms with E-state index in [1.165, 1.54) is 50.9 Å². The van der Waals surface area contributed by atoms with Crippen LogP contribution >= 0.6 is 0 Å². The van der Waals surface area contributed by atoms with Gasteiger partial charge in [-0.05, 0) is 83.7 Å². The van der Waals surface area contributed by atoms with Gasteiger partial charge in [-0.15, -0.1) is 0 Å². The minimum atomic E-state index is 0.818. The lowest BCUT2D eigenvalue weighted by Gasteiger charge is -2.26. The van der Waals surface area contributed by atoms with E-state index >= 15 is 0 Å². The number of piperidine rings is 1. The molecular weight excluding hydrogens is 298 g/mol. The van der Waals surface area contributed by atoms with Gasteiger partial charge in [-0.1, -0.05) is 18.6 Å². The molecule has 1 fully saturated rings. The Balaban J connectivity index is 1.54. The maximum atomic E-state index is 5.87. The van der Waals surface area contributed by atoms with E-state index in [1.54, 1.807) is 0 Å². The summed E-state index contributed by atoms with van der Waals surface area (Å²) in [6.45, 7) is 7.67. The van der Waals surface area contributed by atoms with Crippen LogP contribution in [0.1, 0.15) is 37.7 Å². The lowest BCUT2D eigenvalue weighted by molar-refractivity contribution is 0.205. The Labute approximate surface area is 148 Å². The summed E-state index contributed by atoms with van der Waals surface area (Å²) in [6.07, 6.45) is 6.45. The van der Waals surface area contributed by atoms with Crippen LogP contribution in [0.4, 0.5) is 0 Å². The van der Waals surface area contributed by atoms with Crippen molar-refractivity contribution in [2.45, 2.75) is 38.6 Å². The number of likely N-dealkylation sites (tertiary alicyclic amines) is 1. The third-order valence-electron chi connectivity index (χ3n) is 4.55. The number of benzene rings is 1. The van der Waals surface area contributed by atoms with Crippen LogP contribution in [0.3, 0.4) is 0 Å². The Bertz CT molecular complexity index is 427. The monoisotopic (exact) mass is 333 g/mol. The van der Waals surface area contributed by atoms with Gasteiger partial charge in [0, 0.05) is 13.1 Å². The standard InChI is InChI=1S/C20H35N3O/c1-22(2)13-6-12-21-18-19-8-10-20(11-9-19)24-17-7-16-23-14-4-3-5-15-23/h8-11,21H,3-7,12-18H2,1-2H3. The molecule has 0 aliphatic carbocycles. The Morgan fingerprint density at radius 2 is 1.79 bits per heavy atom. The number of ether oxygens (including phenoxy) is 1. The molecule has 2 rings (SSSR count). The van der Waals surface area contributed by atoms with Crippen LogP contribution in [0, 0.1) is 0 Å². The lowest BCUT2D eigenvalue weighted by Crippen LogP contribution is -2.31. The van der Waals surface area contributed by atoms with E-state index in [0.29, 0.717) is 0 Å². The summed E-state index contributed by atoms with van der Waals surface area (Å²) < 4.78 is 5.87. The van der Waals surface area contributed by atoms with Gasteiger partial charge in [0.1, 0.15) is 5.75 Å². The lowest BCUT2D eigenvalue weighted by atomic mass is 10.1. The van der Waals surface area contributed by atoms with Crippen LogP contribution in [-0.2, 0) is 6.54 Å². The molecule has 24 heavy (non-hydrogen) atoms. The van der Waals surface area contributed by atoms with E-state index in [-0.39, 0.29) is 0 Å². The molecule has 4 nitrogen and oxygen atoms in total. The van der Waals surface area contributed by atoms with Crippen LogP contribution in [-0.4, -0.2) is 63.2 Å². The van der Waals surface area contributed by atoms with E-state index in [2.05, 4.69) is 53.5 Å². The van der Waals surface area contributed by atoms with Crippen molar-refractivity contribution in [3.05, 3.63) is 29.8 Å². The molecule has 0 amide bonds. The second kappa shape index (κ2) is 11.5. The third-order valence-corrected chi connectivity index (χ3v) is 4.55. The van der Waals surface area contributed by atoms with Crippen molar-refractivity contribution in [2.75, 3.05) is 53.4 Å². The van der Waals surface area contributed by atoms with E-state index < -0.39 is 0 Å². The predicted molar refractivity (Wildman–Crippen MR) is 102 cm³/mol. The smallest absolute Gasteiger partial charge is 0.119 e. The van der Waals surface area contributed by atoms with Gasteiger partial charge in [0.05, 0.1) is 6.61 Å². The van der Waals surface area contributed by atoms with Crippen molar-refractivity contribution >= 4 is 0 Å². The first kappa shape index (κ1) is 19.2. The van der Waals surface area contributed by atoms with E-state index in [0.717, 1.165) is 38.4 Å². The average Bonchev–Trinajstić information content (AvgIpc) is 2.60. The summed E-state index contributed by atoms with van der Waals surface area (Å²) in [6, 6.07) is 8.52. The molecule has 136 valence electrons. The maximum absolute atomic E-state index is 5.87. The van der Waals surface area contributed by atoms with Crippen molar-refractivity contribution in [1.29, 1.82) is 0 Å². The maximum Gasteiger partial charge on any atom is 0.119 e. The zero-order valence-corrected chi connectivity index (χ0v) is 15.6. The fourth-order valence-electron chi connectivity index (χ4n) is 3.12. The van der Waals surface area contributed by atoms with Gasteiger partial charge in [0.25, 0.3) is 0 Å². The first-order chi connectivity index (χ1) is 11.7. The molecule has 1 heterocycles. The summed E-state index contributed by atoms with van der Waals surface area (Å²) in [4.78, 5) is 4.79. The molecule has 0 aromatic heterocycles. The van der Waals surface area contributed by atoms with Gasteiger partial charge < -0.3 is 19.9 Å². The average molecular weight is 334 g/mol. The number of rotatable bonds is 11. The van der Waals surface area contributed by atoms with Crippen LogP contribution in [0.5, 0.6) is 5.75 Å². The van der Waals surface area contributed by atoms with Crippen molar-refractivity contribution < 1.29 is 4.74 Å². The highest BCUT2D eigenvalue weighted by Gasteiger charge is 2.08. The fraction of sp³-hybridized carbons (Fsp3) is 0.700. The highest BCUT2D eigenvalue weighted by molar-refractivity contribution is 5.27. The van der Waals surface area contributed by atoms with Gasteiger partial charge >= 0.3 is 0 Å². The second-order valence-corrected chi connectivity index (χ2v) is 7.08. The summed E-state index contributed by atoms with van der Waals surface area (Å²) in [5.74, 6) is 0.991. The topological polar surface area (TPSA) is 27.7 Å². The summed E-state index contributed by atoms with van der Waals surface area (Å²) in [5.41, 5.74) is 1.32. The first-order valence-corrected chi connectivity index (χ1v) is 9.53. The molecular formula is C20H35N3O. The minimum absolute atomic E-state index is 0.818. The highest BCUT2D eigenvalue weighted by atomic mass is 16.5. The number of nitrogens with zero attached hydrogens (tertiary/aromatic N) is 2. The van der Waals surface area contributed by atoms with Crippen molar-refractivity contribution in [3.8, 4) is 5.75 Å². The Morgan fingerprint density at radius 1 is 1.04 bits per heavy atom. The second-order valence-electron chi connectivity index (χ2n) is 7.08. The highest BCUT2D eigenvalue weighted by Crippen LogP contribution is 2.13. The predicted octanol–water partition coefficient (Wildman–Crippen LogP) is 2.98. The van der Waals surface area contributed by atoms with Crippen molar-refractivity contribution in [3.63, 3.8) is 0 Å². The molecule has 1 saturated heterocycles. The largest absolute Gasteiger partial charge is 0.494 e. The first-order valence-electron chi connectivity index (χ1n) is 9.53. The number of hydrogen-bond acceptors (Lipinski definition) is 4. The fourth-order valence-corrected chi connectivity index (χ4v) is 3.12. The third kappa shape index (κ3) is 8.13. The molecule has 0 atom stereocenters. The van der Waals surface area contributed by atoms with Gasteiger partial charge in [0.2, 0.25) is 0 Å².